The number of hydrogen-bond donors (Lipinski definition) is 3. The van der Waals surface area contributed by atoms with Crippen LogP contribution in [-0.4, -0.2) is 36.2 Å². The van der Waals surface area contributed by atoms with Crippen molar-refractivity contribution in [3.63, 3.8) is 0 Å². The molecule has 6 heteroatoms. The van der Waals surface area contributed by atoms with Gasteiger partial charge in [-0.2, -0.15) is 0 Å². The summed E-state index contributed by atoms with van der Waals surface area (Å²) in [6.07, 6.45) is 5.39. The van der Waals surface area contributed by atoms with Crippen LogP contribution < -0.4 is 16.4 Å². The Hall–Kier alpha value is -1.69. The van der Waals surface area contributed by atoms with Crippen LogP contribution in [0.2, 0.25) is 0 Å². The standard InChI is InChI=1S/C21H37N3O3/c1-7-8-9-23-17(25)12-15-10-16(11-15)13(2)18(22)20(27)24-14(3)19(26)21(4,5)6/h10,13-15,18H,7-9,11-12,22H2,1-6H3,(H,23,25)(H,24,27)/t13-,14+,15?,18?/m1/s1. The molecule has 0 saturated carbocycles. The molecule has 0 saturated heterocycles. The van der Waals surface area contributed by atoms with Gasteiger partial charge in [0.05, 0.1) is 12.1 Å². The monoisotopic (exact) mass is 379 g/mol. The fraction of sp³-hybridized carbons (Fsp3) is 0.762. The lowest BCUT2D eigenvalue weighted by molar-refractivity contribution is -0.132. The van der Waals surface area contributed by atoms with Gasteiger partial charge in [0.2, 0.25) is 11.8 Å². The third-order valence-electron chi connectivity index (χ3n) is 5.17. The number of carbonyl (C=O) groups excluding carboxylic acids is 3. The van der Waals surface area contributed by atoms with E-state index in [1.807, 2.05) is 27.7 Å². The zero-order chi connectivity index (χ0) is 20.8. The summed E-state index contributed by atoms with van der Waals surface area (Å²) in [5.41, 5.74) is 6.71. The minimum atomic E-state index is -0.703. The molecule has 6 nitrogen and oxygen atoms in total. The van der Waals surface area contributed by atoms with Crippen LogP contribution in [0.25, 0.3) is 0 Å². The van der Waals surface area contributed by atoms with Crippen molar-refractivity contribution in [1.29, 1.82) is 0 Å². The highest BCUT2D eigenvalue weighted by molar-refractivity contribution is 5.93. The Morgan fingerprint density at radius 3 is 2.37 bits per heavy atom. The first kappa shape index (κ1) is 23.3. The number of nitrogens with two attached hydrogens (primary N) is 1. The first-order chi connectivity index (χ1) is 12.5. The molecule has 0 aromatic heterocycles. The van der Waals surface area contributed by atoms with E-state index in [-0.39, 0.29) is 29.4 Å². The number of carbonyl (C=O) groups is 3. The second kappa shape index (κ2) is 10.0. The summed E-state index contributed by atoms with van der Waals surface area (Å²) >= 11 is 0. The first-order valence-electron chi connectivity index (χ1n) is 10.0. The Morgan fingerprint density at radius 2 is 1.85 bits per heavy atom. The molecule has 0 aliphatic heterocycles. The van der Waals surface area contributed by atoms with E-state index in [9.17, 15) is 14.4 Å². The highest BCUT2D eigenvalue weighted by atomic mass is 16.2. The number of nitrogens with one attached hydrogen (secondary N) is 2. The van der Waals surface area contributed by atoms with E-state index >= 15 is 0 Å². The van der Waals surface area contributed by atoms with Crippen molar-refractivity contribution in [2.45, 2.75) is 79.3 Å². The Kier molecular flexibility index (Phi) is 8.66. The summed E-state index contributed by atoms with van der Waals surface area (Å²) < 4.78 is 0. The molecule has 0 heterocycles. The molecule has 1 aliphatic carbocycles. The summed E-state index contributed by atoms with van der Waals surface area (Å²) in [4.78, 5) is 36.5. The molecule has 4 atom stereocenters. The topological polar surface area (TPSA) is 101 Å². The zero-order valence-corrected chi connectivity index (χ0v) is 17.7. The predicted molar refractivity (Wildman–Crippen MR) is 108 cm³/mol. The summed E-state index contributed by atoms with van der Waals surface area (Å²) in [5, 5.41) is 5.66. The average Bonchev–Trinajstić information content (AvgIpc) is 2.54. The minimum Gasteiger partial charge on any atom is -0.356 e. The average molecular weight is 380 g/mol. The number of unbranched alkanes of at least 4 members (excludes halogenated alkanes) is 1. The van der Waals surface area contributed by atoms with Gasteiger partial charge in [0.25, 0.3) is 0 Å². The van der Waals surface area contributed by atoms with Crippen molar-refractivity contribution in [2.24, 2.45) is 23.0 Å². The van der Waals surface area contributed by atoms with Crippen molar-refractivity contribution in [3.8, 4) is 0 Å². The quantitative estimate of drug-likeness (QED) is 0.400. The highest BCUT2D eigenvalue weighted by Crippen LogP contribution is 2.34. The zero-order valence-electron chi connectivity index (χ0n) is 17.7. The number of amides is 2. The predicted octanol–water partition coefficient (Wildman–Crippen LogP) is 2.32. The van der Waals surface area contributed by atoms with E-state index in [1.54, 1.807) is 6.92 Å². The minimum absolute atomic E-state index is 0.0206. The van der Waals surface area contributed by atoms with E-state index in [0.717, 1.165) is 31.4 Å². The van der Waals surface area contributed by atoms with Gasteiger partial charge in [-0.1, -0.05) is 52.7 Å². The van der Waals surface area contributed by atoms with Crippen molar-refractivity contribution < 1.29 is 14.4 Å². The van der Waals surface area contributed by atoms with Gasteiger partial charge in [0.15, 0.2) is 5.78 Å². The van der Waals surface area contributed by atoms with Gasteiger partial charge >= 0.3 is 0 Å². The van der Waals surface area contributed by atoms with Crippen LogP contribution in [0.15, 0.2) is 11.6 Å². The van der Waals surface area contributed by atoms with Crippen molar-refractivity contribution in [3.05, 3.63) is 11.6 Å². The SMILES string of the molecule is CCCCNC(=O)CC1C=C([C@@H](C)C(N)C(=O)N[C@@H](C)C(=O)C(C)(C)C)C1. The molecule has 0 aromatic rings. The third kappa shape index (κ3) is 7.09. The third-order valence-corrected chi connectivity index (χ3v) is 5.17. The molecule has 0 spiro atoms. The summed E-state index contributed by atoms with van der Waals surface area (Å²) in [6.45, 7) is 11.9. The van der Waals surface area contributed by atoms with Gasteiger partial charge < -0.3 is 16.4 Å². The second-order valence-corrected chi connectivity index (χ2v) is 8.77. The van der Waals surface area contributed by atoms with E-state index < -0.39 is 17.5 Å². The smallest absolute Gasteiger partial charge is 0.238 e. The Bertz CT molecular complexity index is 578. The largest absolute Gasteiger partial charge is 0.356 e. The van der Waals surface area contributed by atoms with Crippen LogP contribution in [-0.2, 0) is 14.4 Å². The normalized spacial score (nSPS) is 20.0. The number of ketones is 1. The van der Waals surface area contributed by atoms with Crippen LogP contribution in [0.5, 0.6) is 0 Å². The van der Waals surface area contributed by atoms with Gasteiger partial charge in [-0.3, -0.25) is 14.4 Å². The molecule has 2 unspecified atom stereocenters. The van der Waals surface area contributed by atoms with Gasteiger partial charge in [-0.05, 0) is 25.7 Å². The summed E-state index contributed by atoms with van der Waals surface area (Å²) in [5.74, 6) is -0.142. The molecule has 4 N–H and O–H groups in total. The molecule has 1 aliphatic rings. The Balaban J connectivity index is 2.48. The highest BCUT2D eigenvalue weighted by Gasteiger charge is 2.33. The molecule has 2 amide bonds. The molecule has 1 rings (SSSR count). The Labute approximate surface area is 163 Å². The van der Waals surface area contributed by atoms with Crippen LogP contribution in [0.4, 0.5) is 0 Å². The lowest BCUT2D eigenvalue weighted by Crippen LogP contribution is -2.52. The molecule has 27 heavy (non-hydrogen) atoms. The fourth-order valence-electron chi connectivity index (χ4n) is 3.24. The maximum Gasteiger partial charge on any atom is 0.238 e. The molecule has 0 radical (unpaired) electrons. The number of Topliss-reactive ketones (excluding diaryl/α,β-unsaturated/α-hetero) is 1. The van der Waals surface area contributed by atoms with Crippen molar-refractivity contribution in [2.75, 3.05) is 6.54 Å². The lowest BCUT2D eigenvalue weighted by Gasteiger charge is -2.32. The van der Waals surface area contributed by atoms with Crippen LogP contribution in [0, 0.1) is 17.3 Å². The molecule has 154 valence electrons. The van der Waals surface area contributed by atoms with Crippen LogP contribution >= 0.6 is 0 Å². The van der Waals surface area contributed by atoms with E-state index in [1.165, 1.54) is 0 Å². The second-order valence-electron chi connectivity index (χ2n) is 8.77. The Morgan fingerprint density at radius 1 is 1.26 bits per heavy atom. The molecule has 0 aromatic carbocycles. The van der Waals surface area contributed by atoms with Crippen molar-refractivity contribution >= 4 is 17.6 Å². The van der Waals surface area contributed by atoms with E-state index in [0.29, 0.717) is 6.42 Å². The molecule has 0 bridgehead atoms. The van der Waals surface area contributed by atoms with E-state index in [2.05, 4.69) is 23.6 Å². The molecular weight excluding hydrogens is 342 g/mol. The molecule has 0 fully saturated rings. The van der Waals surface area contributed by atoms with Gasteiger partial charge in [0.1, 0.15) is 0 Å². The fourth-order valence-corrected chi connectivity index (χ4v) is 3.24. The van der Waals surface area contributed by atoms with Gasteiger partial charge in [0, 0.05) is 24.3 Å². The van der Waals surface area contributed by atoms with Crippen LogP contribution in [0.1, 0.15) is 67.2 Å². The number of allylic oxidation sites excluding steroid dienone is 1. The molecular formula is C21H37N3O3. The summed E-state index contributed by atoms with van der Waals surface area (Å²) in [6, 6.07) is -1.27. The van der Waals surface area contributed by atoms with Crippen molar-refractivity contribution in [1.82, 2.24) is 10.6 Å². The summed E-state index contributed by atoms with van der Waals surface area (Å²) in [7, 11) is 0. The maximum atomic E-state index is 12.4. The first-order valence-corrected chi connectivity index (χ1v) is 10.0. The van der Waals surface area contributed by atoms with Gasteiger partial charge in [-0.25, -0.2) is 0 Å². The van der Waals surface area contributed by atoms with Gasteiger partial charge in [-0.15, -0.1) is 0 Å². The van der Waals surface area contributed by atoms with Crippen LogP contribution in [0.3, 0.4) is 0 Å². The lowest BCUT2D eigenvalue weighted by atomic mass is 9.75. The van der Waals surface area contributed by atoms with E-state index in [4.69, 9.17) is 5.73 Å². The number of hydrogen-bond acceptors (Lipinski definition) is 4. The maximum absolute atomic E-state index is 12.4. The number of rotatable bonds is 10.